The predicted molar refractivity (Wildman–Crippen MR) is 400 cm³/mol. The molecule has 0 spiro atoms. The molecule has 17 nitrogen and oxygen atoms in total. The molecule has 0 rings (SSSR count). The molecule has 0 radical (unpaired) electrons. The van der Waals surface area contributed by atoms with Crippen LogP contribution in [0.3, 0.4) is 0 Å². The molecular formula is C79H154O17P2. The van der Waals surface area contributed by atoms with Gasteiger partial charge in [-0.1, -0.05) is 369 Å². The average molecular weight is 1440 g/mol. The summed E-state index contributed by atoms with van der Waals surface area (Å²) in [6.07, 6.45) is 62.4. The fraction of sp³-hybridized carbons (Fsp3) is 0.949. The van der Waals surface area contributed by atoms with E-state index in [2.05, 4.69) is 34.6 Å². The minimum Gasteiger partial charge on any atom is -0.462 e. The van der Waals surface area contributed by atoms with Crippen LogP contribution in [0.25, 0.3) is 0 Å². The van der Waals surface area contributed by atoms with Gasteiger partial charge in [0.15, 0.2) is 12.2 Å². The van der Waals surface area contributed by atoms with E-state index in [1.807, 2.05) is 0 Å². The maximum atomic E-state index is 13.1. The second-order valence-corrected chi connectivity index (χ2v) is 31.6. The van der Waals surface area contributed by atoms with Crippen molar-refractivity contribution in [2.24, 2.45) is 5.92 Å². The van der Waals surface area contributed by atoms with E-state index in [9.17, 15) is 43.2 Å². The number of hydrogen-bond donors (Lipinski definition) is 3. The van der Waals surface area contributed by atoms with E-state index in [0.717, 1.165) is 102 Å². The third-order valence-electron chi connectivity index (χ3n) is 18.9. The Labute approximate surface area is 600 Å². The van der Waals surface area contributed by atoms with Crippen molar-refractivity contribution in [3.8, 4) is 0 Å². The molecule has 0 saturated carbocycles. The Morgan fingerprint density at radius 2 is 0.490 bits per heavy atom. The number of carbonyl (C=O) groups excluding carboxylic acids is 4. The molecule has 0 aliphatic heterocycles. The third-order valence-corrected chi connectivity index (χ3v) is 20.8. The lowest BCUT2D eigenvalue weighted by molar-refractivity contribution is -0.161. The molecule has 0 bridgehead atoms. The van der Waals surface area contributed by atoms with Crippen molar-refractivity contribution in [1.82, 2.24) is 0 Å². The van der Waals surface area contributed by atoms with Crippen LogP contribution in [-0.2, 0) is 65.4 Å². The number of aliphatic hydroxyl groups excluding tert-OH is 1. The molecule has 98 heavy (non-hydrogen) atoms. The number of ether oxygens (including phenoxy) is 4. The molecular weight excluding hydrogens is 1280 g/mol. The normalized spacial score (nSPS) is 14.2. The van der Waals surface area contributed by atoms with Crippen molar-refractivity contribution < 1.29 is 80.2 Å². The highest BCUT2D eigenvalue weighted by Crippen LogP contribution is 2.45. The van der Waals surface area contributed by atoms with Crippen LogP contribution in [0, 0.1) is 5.92 Å². The molecule has 0 aliphatic carbocycles. The Morgan fingerprint density at radius 3 is 0.724 bits per heavy atom. The first-order valence-electron chi connectivity index (χ1n) is 41.2. The van der Waals surface area contributed by atoms with Crippen molar-refractivity contribution in [3.63, 3.8) is 0 Å². The van der Waals surface area contributed by atoms with Gasteiger partial charge in [0.1, 0.15) is 19.3 Å². The summed E-state index contributed by atoms with van der Waals surface area (Å²) in [7, 11) is -9.92. The second kappa shape index (κ2) is 72.0. The molecule has 0 aliphatic rings. The fourth-order valence-corrected chi connectivity index (χ4v) is 13.8. The zero-order valence-corrected chi connectivity index (χ0v) is 65.7. The van der Waals surface area contributed by atoms with Gasteiger partial charge in [-0.3, -0.25) is 37.3 Å². The number of rotatable bonds is 79. The molecule has 0 aromatic carbocycles. The molecule has 0 fully saturated rings. The van der Waals surface area contributed by atoms with Gasteiger partial charge in [-0.25, -0.2) is 9.13 Å². The van der Waals surface area contributed by atoms with E-state index < -0.39 is 97.5 Å². The molecule has 3 N–H and O–H groups in total. The van der Waals surface area contributed by atoms with Crippen LogP contribution in [0.1, 0.15) is 420 Å². The van der Waals surface area contributed by atoms with E-state index in [0.29, 0.717) is 25.7 Å². The van der Waals surface area contributed by atoms with Gasteiger partial charge in [-0.05, 0) is 31.6 Å². The number of phosphoric ester groups is 2. The summed E-state index contributed by atoms with van der Waals surface area (Å²) in [5, 5.41) is 10.6. The monoisotopic (exact) mass is 1440 g/mol. The lowest BCUT2D eigenvalue weighted by Crippen LogP contribution is -2.30. The van der Waals surface area contributed by atoms with E-state index in [-0.39, 0.29) is 25.7 Å². The van der Waals surface area contributed by atoms with E-state index in [1.165, 1.54) is 238 Å². The van der Waals surface area contributed by atoms with Crippen LogP contribution in [-0.4, -0.2) is 96.7 Å². The first kappa shape index (κ1) is 96.1. The lowest BCUT2D eigenvalue weighted by Gasteiger charge is -2.21. The first-order valence-corrected chi connectivity index (χ1v) is 44.2. The van der Waals surface area contributed by atoms with Crippen LogP contribution >= 0.6 is 15.6 Å². The van der Waals surface area contributed by atoms with Crippen LogP contribution < -0.4 is 0 Å². The molecule has 6 atom stereocenters. The maximum Gasteiger partial charge on any atom is 0.472 e. The topological polar surface area (TPSA) is 237 Å². The number of aliphatic hydroxyl groups is 1. The molecule has 0 saturated heterocycles. The molecule has 0 heterocycles. The van der Waals surface area contributed by atoms with Gasteiger partial charge in [0, 0.05) is 25.7 Å². The van der Waals surface area contributed by atoms with Crippen LogP contribution in [0.15, 0.2) is 0 Å². The van der Waals surface area contributed by atoms with Gasteiger partial charge in [-0.2, -0.15) is 0 Å². The summed E-state index contributed by atoms with van der Waals surface area (Å²) in [6, 6.07) is 0. The Kier molecular flexibility index (Phi) is 70.6. The molecule has 582 valence electrons. The molecule has 0 amide bonds. The lowest BCUT2D eigenvalue weighted by atomic mass is 10.00. The molecule has 0 aromatic rings. The van der Waals surface area contributed by atoms with Gasteiger partial charge >= 0.3 is 39.5 Å². The Hall–Kier alpha value is -1.94. The minimum absolute atomic E-state index is 0.108. The molecule has 19 heteroatoms. The van der Waals surface area contributed by atoms with Gasteiger partial charge in [0.05, 0.1) is 26.4 Å². The highest BCUT2D eigenvalue weighted by molar-refractivity contribution is 7.47. The second-order valence-electron chi connectivity index (χ2n) is 28.7. The summed E-state index contributed by atoms with van der Waals surface area (Å²) in [4.78, 5) is 73.0. The quantitative estimate of drug-likeness (QED) is 0.0222. The summed E-state index contributed by atoms with van der Waals surface area (Å²) in [5.74, 6) is -1.38. The van der Waals surface area contributed by atoms with E-state index >= 15 is 0 Å². The first-order chi connectivity index (χ1) is 47.6. The van der Waals surface area contributed by atoms with Gasteiger partial charge in [0.2, 0.25) is 0 Å². The van der Waals surface area contributed by atoms with Crippen molar-refractivity contribution in [3.05, 3.63) is 0 Å². The highest BCUT2D eigenvalue weighted by atomic mass is 31.2. The summed E-state index contributed by atoms with van der Waals surface area (Å²) in [5.41, 5.74) is 0. The highest BCUT2D eigenvalue weighted by Gasteiger charge is 2.30. The van der Waals surface area contributed by atoms with Gasteiger partial charge < -0.3 is 33.8 Å². The fourth-order valence-electron chi connectivity index (χ4n) is 12.2. The van der Waals surface area contributed by atoms with Crippen LogP contribution in [0.4, 0.5) is 0 Å². The van der Waals surface area contributed by atoms with Crippen molar-refractivity contribution in [2.45, 2.75) is 438 Å². The predicted octanol–water partition coefficient (Wildman–Crippen LogP) is 23.6. The minimum atomic E-state index is -4.96. The summed E-state index contributed by atoms with van der Waals surface area (Å²) < 4.78 is 68.7. The van der Waals surface area contributed by atoms with Crippen molar-refractivity contribution in [2.75, 3.05) is 39.6 Å². The Balaban J connectivity index is 5.24. The molecule has 3 unspecified atom stereocenters. The van der Waals surface area contributed by atoms with E-state index in [1.54, 1.807) is 0 Å². The van der Waals surface area contributed by atoms with Gasteiger partial charge in [-0.15, -0.1) is 0 Å². The van der Waals surface area contributed by atoms with Crippen LogP contribution in [0.5, 0.6) is 0 Å². The smallest absolute Gasteiger partial charge is 0.462 e. The SMILES string of the molecule is CCCCCCCCCCCCCCCCCCC(=O)OC[C@H](COP(=O)(O)OC[C@@H](O)COP(=O)(O)OC[C@@H](COC(=O)CCCCCCCCC(C)CC)OC(=O)CCCCCCCCCCCCCCCCCC)OC(=O)CCCCCCCCCCCCCCCCCC. The molecule has 0 aromatic heterocycles. The number of unbranched alkanes of at least 4 members (excludes halogenated alkanes) is 50. The third kappa shape index (κ3) is 71.1. The van der Waals surface area contributed by atoms with Gasteiger partial charge in [0.25, 0.3) is 0 Å². The van der Waals surface area contributed by atoms with E-state index in [4.69, 9.17) is 37.0 Å². The average Bonchev–Trinajstić information content (AvgIpc) is 0.956. The zero-order valence-electron chi connectivity index (χ0n) is 63.9. The van der Waals surface area contributed by atoms with Crippen molar-refractivity contribution in [1.29, 1.82) is 0 Å². The van der Waals surface area contributed by atoms with Crippen molar-refractivity contribution >= 4 is 39.5 Å². The summed E-state index contributed by atoms with van der Waals surface area (Å²) >= 11 is 0. The summed E-state index contributed by atoms with van der Waals surface area (Å²) in [6.45, 7) is 7.29. The number of hydrogen-bond acceptors (Lipinski definition) is 15. The number of carbonyl (C=O) groups is 4. The largest absolute Gasteiger partial charge is 0.472 e. The zero-order chi connectivity index (χ0) is 71.9. The standard InChI is InChI=1S/C79H154O17P2/c1-6-10-13-16-19-22-25-28-31-34-37-40-43-46-52-57-62-76(81)89-68-74(95-78(83)64-59-54-47-44-41-38-35-32-29-26-23-20-17-14-11-7-2)70-93-97(85,86)91-66-73(80)67-92-98(87,88)94-71-75(69-90-77(82)63-58-53-50-49-51-56-61-72(5)9-4)96-79(84)65-60-55-48-45-42-39-36-33-30-27-24-21-18-15-12-8-3/h72-75,80H,6-71H2,1-5H3,(H,85,86)(H,87,88)/t72?,73-,74-,75-/m1/s1. The van der Waals surface area contributed by atoms with Crippen LogP contribution in [0.2, 0.25) is 0 Å². The Bertz CT molecular complexity index is 1880. The number of esters is 4. The number of phosphoric acid groups is 2. The Morgan fingerprint density at radius 1 is 0.286 bits per heavy atom. The maximum absolute atomic E-state index is 13.1.